The topological polar surface area (TPSA) is 79.3 Å². The Morgan fingerprint density at radius 2 is 2.05 bits per heavy atom. The molecule has 20 heavy (non-hydrogen) atoms. The molecule has 0 aromatic carbocycles. The van der Waals surface area contributed by atoms with Crippen LogP contribution in [0.15, 0.2) is 41.8 Å². The highest BCUT2D eigenvalue weighted by atomic mass is 35.5. The van der Waals surface area contributed by atoms with E-state index in [9.17, 15) is 4.79 Å². The van der Waals surface area contributed by atoms with Crippen molar-refractivity contribution in [2.24, 2.45) is 5.10 Å². The molecule has 0 radical (unpaired) electrons. The van der Waals surface area contributed by atoms with Crippen LogP contribution >= 0.6 is 23.2 Å². The van der Waals surface area contributed by atoms with Gasteiger partial charge < -0.3 is 5.32 Å². The second kappa shape index (κ2) is 6.83. The van der Waals surface area contributed by atoms with Crippen LogP contribution in [0.5, 0.6) is 0 Å². The molecule has 0 aliphatic carbocycles. The first kappa shape index (κ1) is 14.2. The lowest BCUT2D eigenvalue weighted by Crippen LogP contribution is -2.24. The molecule has 0 unspecified atom stereocenters. The van der Waals surface area contributed by atoms with Crippen molar-refractivity contribution in [3.63, 3.8) is 0 Å². The van der Waals surface area contributed by atoms with Gasteiger partial charge in [-0.25, -0.2) is 15.2 Å². The summed E-state index contributed by atoms with van der Waals surface area (Å²) < 4.78 is 0. The van der Waals surface area contributed by atoms with Crippen LogP contribution in [-0.2, 0) is 0 Å². The van der Waals surface area contributed by atoms with Gasteiger partial charge in [-0.15, -0.1) is 0 Å². The maximum Gasteiger partial charge on any atom is 0.339 e. The molecule has 2 rings (SSSR count). The van der Waals surface area contributed by atoms with Crippen LogP contribution in [0.1, 0.15) is 5.56 Å². The number of nitrogens with one attached hydrogen (secondary N) is 2. The number of amides is 2. The molecular formula is C12H9Cl2N5O. The zero-order chi connectivity index (χ0) is 14.4. The van der Waals surface area contributed by atoms with Crippen LogP contribution in [0.2, 0.25) is 10.3 Å². The van der Waals surface area contributed by atoms with Crippen LogP contribution < -0.4 is 10.7 Å². The third kappa shape index (κ3) is 4.49. The van der Waals surface area contributed by atoms with Crippen molar-refractivity contribution in [3.8, 4) is 0 Å². The molecule has 2 heterocycles. The van der Waals surface area contributed by atoms with E-state index < -0.39 is 6.03 Å². The molecule has 0 atom stereocenters. The molecule has 0 saturated carbocycles. The minimum atomic E-state index is -0.525. The Bertz CT molecular complexity index is 613. The monoisotopic (exact) mass is 309 g/mol. The van der Waals surface area contributed by atoms with Crippen molar-refractivity contribution in [1.29, 1.82) is 0 Å². The maximum atomic E-state index is 11.6. The summed E-state index contributed by atoms with van der Waals surface area (Å²) in [5, 5.41) is 6.67. The number of hydrazone groups is 1. The molecule has 0 aliphatic heterocycles. The maximum absolute atomic E-state index is 11.6. The number of urea groups is 1. The zero-order valence-corrected chi connectivity index (χ0v) is 11.6. The van der Waals surface area contributed by atoms with Gasteiger partial charge in [0.15, 0.2) is 0 Å². The summed E-state index contributed by atoms with van der Waals surface area (Å²) in [6.07, 6.45) is 4.74. The second-order valence-electron chi connectivity index (χ2n) is 3.61. The molecule has 2 amide bonds. The van der Waals surface area contributed by atoms with E-state index in [4.69, 9.17) is 23.2 Å². The number of carbonyl (C=O) groups is 1. The number of rotatable bonds is 3. The smallest absolute Gasteiger partial charge is 0.306 e. The van der Waals surface area contributed by atoms with Gasteiger partial charge in [-0.05, 0) is 18.2 Å². The SMILES string of the molecule is O=C(N/N=C/c1cccnc1)Nc1cc(Cl)nc(Cl)c1. The lowest BCUT2D eigenvalue weighted by atomic mass is 10.3. The van der Waals surface area contributed by atoms with E-state index in [0.717, 1.165) is 5.56 Å². The van der Waals surface area contributed by atoms with Crippen molar-refractivity contribution < 1.29 is 4.79 Å². The highest BCUT2D eigenvalue weighted by Gasteiger charge is 2.03. The Morgan fingerprint density at radius 1 is 1.30 bits per heavy atom. The number of hydrogen-bond acceptors (Lipinski definition) is 4. The summed E-state index contributed by atoms with van der Waals surface area (Å²) in [4.78, 5) is 19.2. The summed E-state index contributed by atoms with van der Waals surface area (Å²) in [5.74, 6) is 0. The minimum Gasteiger partial charge on any atom is -0.306 e. The van der Waals surface area contributed by atoms with Gasteiger partial charge in [-0.1, -0.05) is 29.3 Å². The molecule has 0 saturated heterocycles. The summed E-state index contributed by atoms with van der Waals surface area (Å²) in [5.41, 5.74) is 3.49. The van der Waals surface area contributed by atoms with E-state index in [1.165, 1.54) is 18.3 Å². The third-order valence-corrected chi connectivity index (χ3v) is 2.47. The first-order valence-electron chi connectivity index (χ1n) is 5.46. The Hall–Kier alpha value is -2.18. The summed E-state index contributed by atoms with van der Waals surface area (Å²) in [6, 6.07) is 5.99. The van der Waals surface area contributed by atoms with Gasteiger partial charge in [0, 0.05) is 23.6 Å². The number of pyridine rings is 2. The zero-order valence-electron chi connectivity index (χ0n) is 10.0. The Morgan fingerprint density at radius 3 is 2.70 bits per heavy atom. The molecule has 8 heteroatoms. The lowest BCUT2D eigenvalue weighted by Gasteiger charge is -2.04. The molecule has 0 spiro atoms. The molecule has 0 fully saturated rings. The van der Waals surface area contributed by atoms with Gasteiger partial charge in [0.2, 0.25) is 0 Å². The average molecular weight is 310 g/mol. The van der Waals surface area contributed by atoms with Crippen LogP contribution in [0.3, 0.4) is 0 Å². The second-order valence-corrected chi connectivity index (χ2v) is 4.39. The predicted octanol–water partition coefficient (Wildman–Crippen LogP) is 2.94. The van der Waals surface area contributed by atoms with Crippen LogP contribution in [0.4, 0.5) is 10.5 Å². The molecule has 0 aliphatic rings. The fraction of sp³-hybridized carbons (Fsp3) is 0. The summed E-state index contributed by atoms with van der Waals surface area (Å²) in [6.45, 7) is 0. The van der Waals surface area contributed by atoms with Crippen molar-refractivity contribution in [2.45, 2.75) is 0 Å². The highest BCUT2D eigenvalue weighted by Crippen LogP contribution is 2.18. The number of carbonyl (C=O) groups excluding carboxylic acids is 1. The van der Waals surface area contributed by atoms with E-state index in [2.05, 4.69) is 25.8 Å². The number of halogens is 2. The highest BCUT2D eigenvalue weighted by molar-refractivity contribution is 6.32. The van der Waals surface area contributed by atoms with E-state index in [-0.39, 0.29) is 10.3 Å². The Labute approximate surface area is 124 Å². The minimum absolute atomic E-state index is 0.187. The molecule has 2 aromatic heterocycles. The van der Waals surface area contributed by atoms with E-state index in [1.54, 1.807) is 24.5 Å². The first-order valence-corrected chi connectivity index (χ1v) is 6.22. The van der Waals surface area contributed by atoms with Crippen LogP contribution in [0.25, 0.3) is 0 Å². The van der Waals surface area contributed by atoms with Gasteiger partial charge in [0.05, 0.1) is 6.21 Å². The van der Waals surface area contributed by atoms with Crippen LogP contribution in [-0.4, -0.2) is 22.2 Å². The molecular weight excluding hydrogens is 301 g/mol. The molecule has 102 valence electrons. The Kier molecular flexibility index (Phi) is 4.86. The number of aromatic nitrogens is 2. The third-order valence-electron chi connectivity index (χ3n) is 2.08. The number of nitrogens with zero attached hydrogens (tertiary/aromatic N) is 3. The fourth-order valence-corrected chi connectivity index (χ4v) is 1.77. The van der Waals surface area contributed by atoms with Crippen molar-refractivity contribution in [1.82, 2.24) is 15.4 Å². The molecule has 2 aromatic rings. The van der Waals surface area contributed by atoms with Gasteiger partial charge >= 0.3 is 6.03 Å². The van der Waals surface area contributed by atoms with Crippen molar-refractivity contribution in [2.75, 3.05) is 5.32 Å². The van der Waals surface area contributed by atoms with E-state index in [1.807, 2.05) is 0 Å². The molecule has 6 nitrogen and oxygen atoms in total. The lowest BCUT2D eigenvalue weighted by molar-refractivity contribution is 0.252. The average Bonchev–Trinajstić information content (AvgIpc) is 2.38. The van der Waals surface area contributed by atoms with E-state index >= 15 is 0 Å². The van der Waals surface area contributed by atoms with Gasteiger partial charge in [0.1, 0.15) is 10.3 Å². The normalized spacial score (nSPS) is 10.5. The Balaban J connectivity index is 1.91. The number of anilines is 1. The van der Waals surface area contributed by atoms with Crippen LogP contribution in [0, 0.1) is 0 Å². The van der Waals surface area contributed by atoms with E-state index in [0.29, 0.717) is 5.69 Å². The van der Waals surface area contributed by atoms with Gasteiger partial charge in [0.25, 0.3) is 0 Å². The summed E-state index contributed by atoms with van der Waals surface area (Å²) in [7, 11) is 0. The van der Waals surface area contributed by atoms with Gasteiger partial charge in [-0.3, -0.25) is 4.98 Å². The molecule has 2 N–H and O–H groups in total. The first-order chi connectivity index (χ1) is 9.63. The summed E-state index contributed by atoms with van der Waals surface area (Å²) >= 11 is 11.4. The molecule has 0 bridgehead atoms. The van der Waals surface area contributed by atoms with Gasteiger partial charge in [-0.2, -0.15) is 5.10 Å². The van der Waals surface area contributed by atoms with Crippen molar-refractivity contribution >= 4 is 41.1 Å². The fourth-order valence-electron chi connectivity index (χ4n) is 1.31. The van der Waals surface area contributed by atoms with Crippen molar-refractivity contribution in [3.05, 3.63) is 52.5 Å². The number of hydrogen-bond donors (Lipinski definition) is 2. The quantitative estimate of drug-likeness (QED) is 0.520. The standard InChI is InChI=1S/C12H9Cl2N5O/c13-10-4-9(5-11(14)18-10)17-12(20)19-16-7-8-2-1-3-15-6-8/h1-7H,(H2,17,18,19,20)/b16-7+. The largest absolute Gasteiger partial charge is 0.339 e. The predicted molar refractivity (Wildman–Crippen MR) is 78.2 cm³/mol.